The molecule has 0 bridgehead atoms. The molecule has 132 valence electrons. The second kappa shape index (κ2) is 7.54. The van der Waals surface area contributed by atoms with Gasteiger partial charge in [-0.05, 0) is 30.1 Å². The van der Waals surface area contributed by atoms with Crippen LogP contribution in [0.25, 0.3) is 0 Å². The van der Waals surface area contributed by atoms with Gasteiger partial charge in [0.15, 0.2) is 5.96 Å². The van der Waals surface area contributed by atoms with Gasteiger partial charge in [0.05, 0.1) is 13.0 Å². The molecule has 2 atom stereocenters. The van der Waals surface area contributed by atoms with E-state index in [0.717, 1.165) is 25.0 Å². The van der Waals surface area contributed by atoms with Gasteiger partial charge in [-0.2, -0.15) is 0 Å². The maximum atomic E-state index is 11.9. The predicted molar refractivity (Wildman–Crippen MR) is 93.3 cm³/mol. The molecule has 2 unspecified atom stereocenters. The maximum absolute atomic E-state index is 11.9. The Kier molecular flexibility index (Phi) is 5.93. The Hall–Kier alpha value is -1.26. The smallest absolute Gasteiger partial charge is 0.310 e. The van der Waals surface area contributed by atoms with Gasteiger partial charge in [0.25, 0.3) is 0 Å². The van der Waals surface area contributed by atoms with E-state index in [0.29, 0.717) is 12.5 Å². The highest BCUT2D eigenvalue weighted by Gasteiger charge is 2.38. The zero-order chi connectivity index (χ0) is 17.0. The summed E-state index contributed by atoms with van der Waals surface area (Å²) in [6.07, 6.45) is 5.43. The third-order valence-corrected chi connectivity index (χ3v) is 5.79. The highest BCUT2D eigenvalue weighted by molar-refractivity contribution is 5.82. The van der Waals surface area contributed by atoms with E-state index in [9.17, 15) is 4.79 Å². The molecule has 0 amide bonds. The minimum absolute atomic E-state index is 0.0543. The van der Waals surface area contributed by atoms with Crippen LogP contribution in [-0.4, -0.2) is 50.6 Å². The largest absolute Gasteiger partial charge is 0.469 e. The second-order valence-corrected chi connectivity index (χ2v) is 7.88. The van der Waals surface area contributed by atoms with Crippen molar-refractivity contribution in [2.24, 2.45) is 28.2 Å². The zero-order valence-corrected chi connectivity index (χ0v) is 15.4. The number of carbonyl (C=O) groups excluding carboxylic acids is 1. The lowest BCUT2D eigenvalue weighted by Crippen LogP contribution is -2.45. The zero-order valence-electron chi connectivity index (χ0n) is 15.4. The van der Waals surface area contributed by atoms with Gasteiger partial charge in [-0.3, -0.25) is 9.79 Å². The number of carbonyl (C=O) groups is 1. The molecule has 2 rings (SSSR count). The van der Waals surface area contributed by atoms with E-state index >= 15 is 0 Å². The molecule has 1 aliphatic heterocycles. The summed E-state index contributed by atoms with van der Waals surface area (Å²) in [5.41, 5.74) is 0.277. The summed E-state index contributed by atoms with van der Waals surface area (Å²) in [5.74, 6) is 1.84. The molecule has 5 heteroatoms. The number of esters is 1. The van der Waals surface area contributed by atoms with Crippen LogP contribution in [0.15, 0.2) is 4.99 Å². The van der Waals surface area contributed by atoms with Crippen LogP contribution in [0.2, 0.25) is 0 Å². The molecule has 23 heavy (non-hydrogen) atoms. The quantitative estimate of drug-likeness (QED) is 0.491. The fraction of sp³-hybridized carbons (Fsp3) is 0.889. The molecule has 1 heterocycles. The summed E-state index contributed by atoms with van der Waals surface area (Å²) in [6, 6.07) is 0. The molecular formula is C18H33N3O2. The van der Waals surface area contributed by atoms with E-state index in [-0.39, 0.29) is 17.3 Å². The normalized spacial score (nSPS) is 26.7. The molecule has 2 aliphatic rings. The molecular weight excluding hydrogens is 290 g/mol. The van der Waals surface area contributed by atoms with Crippen molar-refractivity contribution in [2.75, 3.05) is 33.8 Å². The average Bonchev–Trinajstić information content (AvgIpc) is 3.17. The molecule has 0 aromatic heterocycles. The van der Waals surface area contributed by atoms with Crippen LogP contribution in [0.5, 0.6) is 0 Å². The van der Waals surface area contributed by atoms with Gasteiger partial charge in [0, 0.05) is 26.7 Å². The van der Waals surface area contributed by atoms with Gasteiger partial charge in [0.1, 0.15) is 0 Å². The molecule has 1 aliphatic carbocycles. The molecule has 2 fully saturated rings. The van der Waals surface area contributed by atoms with E-state index in [4.69, 9.17) is 4.74 Å². The number of hydrogen-bond acceptors (Lipinski definition) is 3. The molecule has 0 aromatic rings. The molecule has 0 spiro atoms. The lowest BCUT2D eigenvalue weighted by Gasteiger charge is -2.33. The van der Waals surface area contributed by atoms with E-state index in [2.05, 4.69) is 36.0 Å². The van der Waals surface area contributed by atoms with Crippen LogP contribution in [-0.2, 0) is 9.53 Å². The standard InChI is InChI=1S/C18H33N3O2/c1-13-10-21(11-15(13)16(22)23-5)17(19-4)20-12-18(2,3)14-8-6-7-9-14/h13-15H,6-12H2,1-5H3,(H,19,20). The van der Waals surface area contributed by atoms with Crippen LogP contribution in [0.4, 0.5) is 0 Å². The van der Waals surface area contributed by atoms with Crippen molar-refractivity contribution in [1.82, 2.24) is 10.2 Å². The third-order valence-electron chi connectivity index (χ3n) is 5.79. The van der Waals surface area contributed by atoms with Crippen molar-refractivity contribution in [3.05, 3.63) is 0 Å². The first-order valence-electron chi connectivity index (χ1n) is 8.92. The molecule has 1 N–H and O–H groups in total. The Bertz CT molecular complexity index is 442. The summed E-state index contributed by atoms with van der Waals surface area (Å²) < 4.78 is 4.92. The number of ether oxygens (including phenoxy) is 1. The Labute approximate surface area is 140 Å². The van der Waals surface area contributed by atoms with Gasteiger partial charge in [0.2, 0.25) is 0 Å². The number of nitrogens with one attached hydrogen (secondary N) is 1. The summed E-state index contributed by atoms with van der Waals surface area (Å²) in [6.45, 7) is 9.29. The summed E-state index contributed by atoms with van der Waals surface area (Å²) in [4.78, 5) is 18.5. The number of likely N-dealkylation sites (tertiary alicyclic amines) is 1. The number of nitrogens with zero attached hydrogens (tertiary/aromatic N) is 2. The molecule has 1 saturated heterocycles. The molecule has 0 radical (unpaired) electrons. The van der Waals surface area contributed by atoms with E-state index in [1.807, 2.05) is 7.05 Å². The first-order chi connectivity index (χ1) is 10.9. The SMILES string of the molecule is CN=C(NCC(C)(C)C1CCCC1)N1CC(C)C(C(=O)OC)C1. The number of hydrogen-bond donors (Lipinski definition) is 1. The predicted octanol–water partition coefficient (Wildman–Crippen LogP) is 2.52. The van der Waals surface area contributed by atoms with Crippen molar-refractivity contribution in [1.29, 1.82) is 0 Å². The molecule has 0 aromatic carbocycles. The van der Waals surface area contributed by atoms with E-state index in [1.165, 1.54) is 32.8 Å². The van der Waals surface area contributed by atoms with Gasteiger partial charge < -0.3 is 15.0 Å². The van der Waals surface area contributed by atoms with Gasteiger partial charge in [-0.15, -0.1) is 0 Å². The Morgan fingerprint density at radius 3 is 2.52 bits per heavy atom. The van der Waals surface area contributed by atoms with Crippen LogP contribution < -0.4 is 5.32 Å². The number of aliphatic imine (C=N–C) groups is 1. The van der Waals surface area contributed by atoms with Crippen LogP contribution >= 0.6 is 0 Å². The average molecular weight is 323 g/mol. The van der Waals surface area contributed by atoms with Crippen molar-refractivity contribution in [2.45, 2.75) is 46.5 Å². The topological polar surface area (TPSA) is 53.9 Å². The molecule has 1 saturated carbocycles. The number of rotatable bonds is 4. The van der Waals surface area contributed by atoms with Crippen LogP contribution in [0.3, 0.4) is 0 Å². The first-order valence-corrected chi connectivity index (χ1v) is 8.92. The lowest BCUT2D eigenvalue weighted by atomic mass is 9.78. The first kappa shape index (κ1) is 18.1. The van der Waals surface area contributed by atoms with Gasteiger partial charge in [-0.25, -0.2) is 0 Å². The highest BCUT2D eigenvalue weighted by Crippen LogP contribution is 2.39. The monoisotopic (exact) mass is 323 g/mol. The third kappa shape index (κ3) is 4.18. The minimum atomic E-state index is -0.110. The van der Waals surface area contributed by atoms with Gasteiger partial charge in [-0.1, -0.05) is 33.6 Å². The summed E-state index contributed by atoms with van der Waals surface area (Å²) >= 11 is 0. The highest BCUT2D eigenvalue weighted by atomic mass is 16.5. The van der Waals surface area contributed by atoms with Gasteiger partial charge >= 0.3 is 5.97 Å². The van der Waals surface area contributed by atoms with Crippen molar-refractivity contribution in [3.8, 4) is 0 Å². The Morgan fingerprint density at radius 2 is 1.96 bits per heavy atom. The summed E-state index contributed by atoms with van der Waals surface area (Å²) in [7, 11) is 3.29. The van der Waals surface area contributed by atoms with Crippen molar-refractivity contribution >= 4 is 11.9 Å². The Morgan fingerprint density at radius 1 is 1.30 bits per heavy atom. The van der Waals surface area contributed by atoms with Crippen molar-refractivity contribution < 1.29 is 9.53 Å². The lowest BCUT2D eigenvalue weighted by molar-refractivity contribution is -0.145. The van der Waals surface area contributed by atoms with Crippen molar-refractivity contribution in [3.63, 3.8) is 0 Å². The van der Waals surface area contributed by atoms with E-state index in [1.54, 1.807) is 0 Å². The Balaban J connectivity index is 1.92. The minimum Gasteiger partial charge on any atom is -0.469 e. The molecule has 5 nitrogen and oxygen atoms in total. The second-order valence-electron chi connectivity index (χ2n) is 7.88. The maximum Gasteiger partial charge on any atom is 0.310 e. The summed E-state index contributed by atoms with van der Waals surface area (Å²) in [5, 5.41) is 3.55. The van der Waals surface area contributed by atoms with E-state index < -0.39 is 0 Å². The number of guanidine groups is 1. The fourth-order valence-corrected chi connectivity index (χ4v) is 4.09. The number of methoxy groups -OCH3 is 1. The fourth-order valence-electron chi connectivity index (χ4n) is 4.09. The van der Waals surface area contributed by atoms with Crippen LogP contribution in [0.1, 0.15) is 46.5 Å². The van der Waals surface area contributed by atoms with Crippen LogP contribution in [0, 0.1) is 23.2 Å².